The van der Waals surface area contributed by atoms with Gasteiger partial charge in [-0.15, -0.1) is 0 Å². The highest BCUT2D eigenvalue weighted by Gasteiger charge is 2.23. The van der Waals surface area contributed by atoms with Crippen molar-refractivity contribution in [2.24, 2.45) is 0 Å². The van der Waals surface area contributed by atoms with Crippen LogP contribution in [0.5, 0.6) is 5.75 Å². The second-order valence-corrected chi connectivity index (χ2v) is 7.25. The number of anilines is 1. The molecule has 0 fully saturated rings. The minimum atomic E-state index is -0.549. The summed E-state index contributed by atoms with van der Waals surface area (Å²) in [6.45, 7) is 0.350. The van der Waals surface area contributed by atoms with Crippen molar-refractivity contribution >= 4 is 35.1 Å². The Hall–Kier alpha value is -3.06. The third-order valence-corrected chi connectivity index (χ3v) is 5.04. The predicted octanol–water partition coefficient (Wildman–Crippen LogP) is 2.99. The fraction of sp³-hybridized carbons (Fsp3) is 0.318. The summed E-state index contributed by atoms with van der Waals surface area (Å²) in [5.74, 6) is -0.391. The van der Waals surface area contributed by atoms with Gasteiger partial charge in [-0.3, -0.25) is 14.4 Å². The van der Waals surface area contributed by atoms with Gasteiger partial charge in [-0.25, -0.2) is 0 Å². The van der Waals surface area contributed by atoms with Crippen molar-refractivity contribution in [2.75, 3.05) is 31.7 Å². The lowest BCUT2D eigenvalue weighted by Gasteiger charge is -2.29. The van der Waals surface area contributed by atoms with Gasteiger partial charge in [-0.2, -0.15) is 0 Å². The average Bonchev–Trinajstić information content (AvgIpc) is 2.77. The van der Waals surface area contributed by atoms with Gasteiger partial charge in [-0.1, -0.05) is 11.6 Å². The van der Waals surface area contributed by atoms with Crippen LogP contribution in [-0.2, 0) is 20.7 Å². The summed E-state index contributed by atoms with van der Waals surface area (Å²) in [7, 11) is 1.60. The molecule has 2 aromatic carbocycles. The number of methoxy groups -OCH3 is 1. The zero-order valence-corrected chi connectivity index (χ0v) is 17.4. The number of benzene rings is 2. The highest BCUT2D eigenvalue weighted by molar-refractivity contribution is 6.30. The fourth-order valence-electron chi connectivity index (χ4n) is 3.23. The van der Waals surface area contributed by atoms with Gasteiger partial charge in [0.15, 0.2) is 6.61 Å². The van der Waals surface area contributed by atoms with E-state index >= 15 is 0 Å². The van der Waals surface area contributed by atoms with E-state index in [4.69, 9.17) is 21.1 Å². The molecule has 0 radical (unpaired) electrons. The molecule has 0 unspecified atom stereocenters. The van der Waals surface area contributed by atoms with Crippen LogP contribution in [0.3, 0.4) is 0 Å². The van der Waals surface area contributed by atoms with Gasteiger partial charge < -0.3 is 19.7 Å². The Labute approximate surface area is 179 Å². The smallest absolute Gasteiger partial charge is 0.308 e. The largest absolute Gasteiger partial charge is 0.497 e. The van der Waals surface area contributed by atoms with Crippen LogP contribution in [0.4, 0.5) is 5.69 Å². The number of hydrogen-bond acceptors (Lipinski definition) is 5. The number of carbonyl (C=O) groups excluding carboxylic acids is 3. The van der Waals surface area contributed by atoms with Crippen molar-refractivity contribution in [1.29, 1.82) is 0 Å². The molecule has 0 spiro atoms. The number of fused-ring (bicyclic) bond motifs is 1. The van der Waals surface area contributed by atoms with Crippen LogP contribution >= 0.6 is 11.6 Å². The Morgan fingerprint density at radius 2 is 1.90 bits per heavy atom. The van der Waals surface area contributed by atoms with E-state index in [2.05, 4.69) is 5.32 Å². The molecule has 1 aliphatic rings. The molecule has 0 saturated heterocycles. The lowest BCUT2D eigenvalue weighted by Crippen LogP contribution is -2.38. The maximum absolute atomic E-state index is 12.6. The van der Waals surface area contributed by atoms with E-state index in [-0.39, 0.29) is 31.4 Å². The van der Waals surface area contributed by atoms with E-state index in [9.17, 15) is 14.4 Å². The minimum Gasteiger partial charge on any atom is -0.497 e. The molecule has 0 aliphatic carbocycles. The second kappa shape index (κ2) is 10.1. The first-order valence-corrected chi connectivity index (χ1v) is 10.0. The molecule has 0 aromatic heterocycles. The van der Waals surface area contributed by atoms with Crippen LogP contribution in [0.2, 0.25) is 5.02 Å². The number of hydrogen-bond donors (Lipinski definition) is 1. The molecule has 0 saturated carbocycles. The Bertz CT molecular complexity index is 930. The summed E-state index contributed by atoms with van der Waals surface area (Å²) in [4.78, 5) is 38.1. The van der Waals surface area contributed by atoms with E-state index in [1.165, 1.54) is 0 Å². The van der Waals surface area contributed by atoms with Gasteiger partial charge >= 0.3 is 5.97 Å². The lowest BCUT2D eigenvalue weighted by atomic mass is 10.0. The second-order valence-electron chi connectivity index (χ2n) is 6.82. The molecule has 1 aliphatic heterocycles. The summed E-state index contributed by atoms with van der Waals surface area (Å²) < 4.78 is 10.3. The molecule has 2 amide bonds. The van der Waals surface area contributed by atoms with Crippen LogP contribution in [-0.4, -0.2) is 44.6 Å². The Balaban J connectivity index is 1.44. The molecule has 1 heterocycles. The van der Waals surface area contributed by atoms with E-state index in [0.717, 1.165) is 29.8 Å². The number of esters is 1. The molecule has 8 heteroatoms. The van der Waals surface area contributed by atoms with E-state index < -0.39 is 5.97 Å². The normalized spacial score (nSPS) is 12.7. The average molecular weight is 431 g/mol. The Kier molecular flexibility index (Phi) is 7.30. The van der Waals surface area contributed by atoms with E-state index in [0.29, 0.717) is 17.1 Å². The first-order chi connectivity index (χ1) is 14.5. The van der Waals surface area contributed by atoms with Crippen LogP contribution in [0.15, 0.2) is 42.5 Å². The SMILES string of the molecule is COc1ccc2c(c1)CCCN2C(=O)COC(=O)CCNC(=O)c1ccc(Cl)cc1. The van der Waals surface area contributed by atoms with Crippen LogP contribution < -0.4 is 15.0 Å². The lowest BCUT2D eigenvalue weighted by molar-refractivity contribution is -0.147. The van der Waals surface area contributed by atoms with Crippen molar-refractivity contribution < 1.29 is 23.9 Å². The van der Waals surface area contributed by atoms with Crippen molar-refractivity contribution in [1.82, 2.24) is 5.32 Å². The third kappa shape index (κ3) is 5.51. The molecule has 2 aromatic rings. The highest BCUT2D eigenvalue weighted by Crippen LogP contribution is 2.30. The standard InChI is InChI=1S/C22H23ClN2O5/c1-29-18-8-9-19-16(13-18)3-2-12-25(19)20(26)14-30-21(27)10-11-24-22(28)15-4-6-17(23)7-5-15/h4-9,13H,2-3,10-12,14H2,1H3,(H,24,28). The molecule has 0 atom stereocenters. The third-order valence-electron chi connectivity index (χ3n) is 4.78. The molecule has 1 N–H and O–H groups in total. The van der Waals surface area contributed by atoms with E-state index in [1.54, 1.807) is 42.3 Å². The number of amides is 2. The Morgan fingerprint density at radius 3 is 2.63 bits per heavy atom. The van der Waals surface area contributed by atoms with Crippen molar-refractivity contribution in [3.63, 3.8) is 0 Å². The summed E-state index contributed by atoms with van der Waals surface area (Å²) >= 11 is 5.79. The Morgan fingerprint density at radius 1 is 1.13 bits per heavy atom. The molecular weight excluding hydrogens is 408 g/mol. The molecule has 7 nitrogen and oxygen atoms in total. The quantitative estimate of drug-likeness (QED) is 0.682. The molecule has 30 heavy (non-hydrogen) atoms. The summed E-state index contributed by atoms with van der Waals surface area (Å²) in [6.07, 6.45) is 1.67. The number of ether oxygens (including phenoxy) is 2. The number of aryl methyl sites for hydroxylation is 1. The first-order valence-electron chi connectivity index (χ1n) is 9.64. The molecule has 0 bridgehead atoms. The maximum Gasteiger partial charge on any atom is 0.308 e. The minimum absolute atomic E-state index is 0.0274. The number of rotatable bonds is 7. The van der Waals surface area contributed by atoms with E-state index in [1.807, 2.05) is 12.1 Å². The van der Waals surface area contributed by atoms with Gasteiger partial charge in [0.1, 0.15) is 5.75 Å². The van der Waals surface area contributed by atoms with Crippen LogP contribution in [0.25, 0.3) is 0 Å². The first kappa shape index (κ1) is 21.6. The topological polar surface area (TPSA) is 84.9 Å². The van der Waals surface area contributed by atoms with Gasteiger partial charge in [0.05, 0.1) is 13.5 Å². The summed E-state index contributed by atoms with van der Waals surface area (Å²) in [6, 6.07) is 12.0. The maximum atomic E-state index is 12.6. The zero-order valence-electron chi connectivity index (χ0n) is 16.7. The van der Waals surface area contributed by atoms with Crippen molar-refractivity contribution in [2.45, 2.75) is 19.3 Å². The zero-order chi connectivity index (χ0) is 21.5. The van der Waals surface area contributed by atoms with Crippen molar-refractivity contribution in [3.8, 4) is 5.75 Å². The van der Waals surface area contributed by atoms with Crippen LogP contribution in [0.1, 0.15) is 28.8 Å². The predicted molar refractivity (Wildman–Crippen MR) is 113 cm³/mol. The van der Waals surface area contributed by atoms with Gasteiger partial charge in [0.2, 0.25) is 0 Å². The molecule has 3 rings (SSSR count). The highest BCUT2D eigenvalue weighted by atomic mass is 35.5. The summed E-state index contributed by atoms with van der Waals surface area (Å²) in [5, 5.41) is 3.17. The number of carbonyl (C=O) groups is 3. The van der Waals surface area contributed by atoms with Crippen LogP contribution in [0, 0.1) is 0 Å². The number of halogens is 1. The monoisotopic (exact) mass is 430 g/mol. The van der Waals surface area contributed by atoms with Gasteiger partial charge in [-0.05, 0) is 60.9 Å². The molecule has 158 valence electrons. The molecular formula is C22H23ClN2O5. The van der Waals surface area contributed by atoms with Gasteiger partial charge in [0.25, 0.3) is 11.8 Å². The number of nitrogens with one attached hydrogen (secondary N) is 1. The summed E-state index contributed by atoms with van der Waals surface area (Å²) in [5.41, 5.74) is 2.30. The number of nitrogens with zero attached hydrogens (tertiary/aromatic N) is 1. The van der Waals surface area contributed by atoms with Crippen molar-refractivity contribution in [3.05, 3.63) is 58.6 Å². The fourth-order valence-corrected chi connectivity index (χ4v) is 3.36. The van der Waals surface area contributed by atoms with Gasteiger partial charge in [0, 0.05) is 29.4 Å².